The van der Waals surface area contributed by atoms with E-state index in [0.29, 0.717) is 0 Å². The highest BCUT2D eigenvalue weighted by atomic mass is 16.5. The Labute approximate surface area is 170 Å². The summed E-state index contributed by atoms with van der Waals surface area (Å²) in [4.78, 5) is 4.89. The molecule has 3 heterocycles. The van der Waals surface area contributed by atoms with E-state index in [9.17, 15) is 0 Å². The van der Waals surface area contributed by atoms with E-state index in [4.69, 9.17) is 14.2 Å². The number of hydrogen-bond donors (Lipinski definition) is 1. The summed E-state index contributed by atoms with van der Waals surface area (Å²) in [5.74, 6) is 2.49. The fraction of sp³-hybridized carbons (Fsp3) is 0.304. The van der Waals surface area contributed by atoms with E-state index >= 15 is 0 Å². The maximum absolute atomic E-state index is 5.77. The number of anilines is 1. The first-order valence-corrected chi connectivity index (χ1v) is 9.65. The van der Waals surface area contributed by atoms with Gasteiger partial charge in [0, 0.05) is 22.9 Å². The summed E-state index contributed by atoms with van der Waals surface area (Å²) in [5.41, 5.74) is 5.41. The smallest absolute Gasteiger partial charge is 0.141 e. The Hall–Kier alpha value is -3.28. The third-order valence-corrected chi connectivity index (χ3v) is 4.80. The molecule has 0 unspecified atom stereocenters. The Balaban J connectivity index is 1.91. The zero-order valence-electron chi connectivity index (χ0n) is 17.7. The molecule has 150 valence electrons. The van der Waals surface area contributed by atoms with Crippen molar-refractivity contribution in [3.63, 3.8) is 0 Å². The molecule has 0 aliphatic rings. The first-order valence-electron chi connectivity index (χ1n) is 9.65. The van der Waals surface area contributed by atoms with Crippen LogP contribution in [-0.4, -0.2) is 27.2 Å². The highest BCUT2D eigenvalue weighted by molar-refractivity contribution is 5.83. The highest BCUT2D eigenvalue weighted by Gasteiger charge is 2.22. The molecule has 29 heavy (non-hydrogen) atoms. The predicted molar refractivity (Wildman–Crippen MR) is 116 cm³/mol. The Morgan fingerprint density at radius 1 is 1.10 bits per heavy atom. The Kier molecular flexibility index (Phi) is 4.57. The van der Waals surface area contributed by atoms with Crippen LogP contribution in [-0.2, 0) is 0 Å². The quantitative estimate of drug-likeness (QED) is 0.499. The second kappa shape index (κ2) is 6.95. The van der Waals surface area contributed by atoms with Crippen LogP contribution >= 0.6 is 0 Å². The summed E-state index contributed by atoms with van der Waals surface area (Å²) in [7, 11) is 1.68. The number of nitrogens with one attached hydrogen (secondary N) is 1. The van der Waals surface area contributed by atoms with Crippen LogP contribution in [0, 0.1) is 13.8 Å². The summed E-state index contributed by atoms with van der Waals surface area (Å²) in [6.45, 7) is 10.3. The molecule has 0 radical (unpaired) electrons. The van der Waals surface area contributed by atoms with Crippen molar-refractivity contribution in [1.82, 2.24) is 14.5 Å². The molecule has 0 saturated heterocycles. The lowest BCUT2D eigenvalue weighted by atomic mass is 10.00. The number of pyridine rings is 1. The number of imidazole rings is 1. The molecule has 1 N–H and O–H groups in total. The van der Waals surface area contributed by atoms with Crippen molar-refractivity contribution < 1.29 is 9.26 Å². The zero-order chi connectivity index (χ0) is 20.8. The van der Waals surface area contributed by atoms with Gasteiger partial charge in [0.25, 0.3) is 0 Å². The number of methoxy groups -OCH3 is 1. The second-order valence-corrected chi connectivity index (χ2v) is 8.23. The van der Waals surface area contributed by atoms with Crippen molar-refractivity contribution in [3.8, 4) is 28.1 Å². The third-order valence-electron chi connectivity index (χ3n) is 4.80. The normalized spacial score (nSPS) is 11.8. The molecule has 0 atom stereocenters. The first-order chi connectivity index (χ1) is 13.8. The van der Waals surface area contributed by atoms with Crippen LogP contribution in [0.4, 0.5) is 5.82 Å². The maximum atomic E-state index is 5.77. The van der Waals surface area contributed by atoms with Crippen molar-refractivity contribution in [2.45, 2.75) is 40.2 Å². The molecule has 4 rings (SSSR count). The van der Waals surface area contributed by atoms with Gasteiger partial charge in [0.1, 0.15) is 28.7 Å². The molecular weight excluding hydrogens is 364 g/mol. The van der Waals surface area contributed by atoms with Gasteiger partial charge in [-0.05, 0) is 64.4 Å². The van der Waals surface area contributed by atoms with Gasteiger partial charge in [-0.2, -0.15) is 0 Å². The number of fused-ring (bicyclic) bond motifs is 1. The molecule has 1 aromatic carbocycles. The molecule has 6 nitrogen and oxygen atoms in total. The van der Waals surface area contributed by atoms with Crippen LogP contribution in [0.2, 0.25) is 0 Å². The Morgan fingerprint density at radius 2 is 1.90 bits per heavy atom. The first kappa shape index (κ1) is 19.1. The van der Waals surface area contributed by atoms with E-state index in [-0.39, 0.29) is 5.54 Å². The van der Waals surface area contributed by atoms with Gasteiger partial charge in [-0.15, -0.1) is 0 Å². The molecule has 0 spiro atoms. The SMILES string of the molecule is COc1cc(-c2c(C)noc2C)ccc1-c1nc2ccccn2c1NC(C)(C)C. The standard InChI is InChI=1S/C23H26N4O2/c1-14-20(15(2)29-26-14)16-10-11-17(18(13-16)28-6)21-22(25-23(3,4)5)27-12-8-7-9-19(27)24-21/h7-13,25H,1-6H3. The molecular formula is C23H26N4O2. The largest absolute Gasteiger partial charge is 0.496 e. The number of hydrogen-bond acceptors (Lipinski definition) is 5. The lowest BCUT2D eigenvalue weighted by molar-refractivity contribution is 0.393. The fourth-order valence-electron chi connectivity index (χ4n) is 3.60. The lowest BCUT2D eigenvalue weighted by Gasteiger charge is -2.23. The lowest BCUT2D eigenvalue weighted by Crippen LogP contribution is -2.27. The minimum Gasteiger partial charge on any atom is -0.496 e. The molecule has 0 aliphatic carbocycles. The highest BCUT2D eigenvalue weighted by Crippen LogP contribution is 2.39. The van der Waals surface area contributed by atoms with E-state index in [1.807, 2.05) is 44.3 Å². The van der Waals surface area contributed by atoms with Gasteiger partial charge in [0.05, 0.1) is 12.8 Å². The molecule has 4 aromatic rings. The molecule has 6 heteroatoms. The third kappa shape index (κ3) is 3.46. The van der Waals surface area contributed by atoms with Crippen molar-refractivity contribution >= 4 is 11.5 Å². The number of ether oxygens (including phenoxy) is 1. The van der Waals surface area contributed by atoms with Crippen molar-refractivity contribution in [2.75, 3.05) is 12.4 Å². The minimum absolute atomic E-state index is 0.121. The summed E-state index contributed by atoms with van der Waals surface area (Å²) in [6.07, 6.45) is 2.02. The topological polar surface area (TPSA) is 64.6 Å². The van der Waals surface area contributed by atoms with Gasteiger partial charge in [-0.25, -0.2) is 4.98 Å². The number of aromatic nitrogens is 3. The minimum atomic E-state index is -0.121. The number of nitrogens with zero attached hydrogens (tertiary/aromatic N) is 3. The average Bonchev–Trinajstić information content (AvgIpc) is 3.20. The van der Waals surface area contributed by atoms with Gasteiger partial charge >= 0.3 is 0 Å². The molecule has 0 amide bonds. The average molecular weight is 390 g/mol. The van der Waals surface area contributed by atoms with Gasteiger partial charge in [0.2, 0.25) is 0 Å². The summed E-state index contributed by atoms with van der Waals surface area (Å²) < 4.78 is 13.2. The van der Waals surface area contributed by atoms with Crippen LogP contribution < -0.4 is 10.1 Å². The maximum Gasteiger partial charge on any atom is 0.141 e. The monoisotopic (exact) mass is 390 g/mol. The second-order valence-electron chi connectivity index (χ2n) is 8.23. The summed E-state index contributed by atoms with van der Waals surface area (Å²) in [6, 6.07) is 12.1. The van der Waals surface area contributed by atoms with E-state index in [0.717, 1.165) is 51.1 Å². The summed E-state index contributed by atoms with van der Waals surface area (Å²) in [5, 5.41) is 7.67. The summed E-state index contributed by atoms with van der Waals surface area (Å²) >= 11 is 0. The van der Waals surface area contributed by atoms with Crippen molar-refractivity contribution in [1.29, 1.82) is 0 Å². The van der Waals surface area contributed by atoms with Crippen molar-refractivity contribution in [3.05, 3.63) is 54.0 Å². The van der Waals surface area contributed by atoms with Gasteiger partial charge in [0.15, 0.2) is 0 Å². The molecule has 0 saturated carbocycles. The molecule has 3 aromatic heterocycles. The predicted octanol–water partition coefficient (Wildman–Crippen LogP) is 5.49. The van der Waals surface area contributed by atoms with Crippen LogP contribution in [0.25, 0.3) is 28.0 Å². The molecule has 0 bridgehead atoms. The fourth-order valence-corrected chi connectivity index (χ4v) is 3.60. The Morgan fingerprint density at radius 3 is 2.55 bits per heavy atom. The number of rotatable bonds is 4. The van der Waals surface area contributed by atoms with Gasteiger partial charge < -0.3 is 14.6 Å². The van der Waals surface area contributed by atoms with Crippen LogP contribution in [0.1, 0.15) is 32.2 Å². The van der Waals surface area contributed by atoms with E-state index in [1.54, 1.807) is 7.11 Å². The van der Waals surface area contributed by atoms with Crippen LogP contribution in [0.3, 0.4) is 0 Å². The van der Waals surface area contributed by atoms with Gasteiger partial charge in [-0.3, -0.25) is 4.40 Å². The van der Waals surface area contributed by atoms with Gasteiger partial charge in [-0.1, -0.05) is 17.3 Å². The number of benzene rings is 1. The zero-order valence-corrected chi connectivity index (χ0v) is 17.7. The van der Waals surface area contributed by atoms with E-state index in [2.05, 4.69) is 47.8 Å². The van der Waals surface area contributed by atoms with Crippen LogP contribution in [0.15, 0.2) is 47.1 Å². The van der Waals surface area contributed by atoms with Crippen LogP contribution in [0.5, 0.6) is 5.75 Å². The van der Waals surface area contributed by atoms with Crippen molar-refractivity contribution in [2.24, 2.45) is 0 Å². The van der Waals surface area contributed by atoms with E-state index < -0.39 is 0 Å². The molecule has 0 fully saturated rings. The Bertz CT molecular complexity index is 1160. The van der Waals surface area contributed by atoms with E-state index in [1.165, 1.54) is 0 Å². The molecule has 0 aliphatic heterocycles. The number of aryl methyl sites for hydroxylation is 2.